The highest BCUT2D eigenvalue weighted by Gasteiger charge is 2.19. The summed E-state index contributed by atoms with van der Waals surface area (Å²) >= 11 is 0. The van der Waals surface area contributed by atoms with Crippen LogP contribution in [0, 0.1) is 20.8 Å². The van der Waals surface area contributed by atoms with Crippen LogP contribution in [0.1, 0.15) is 16.7 Å². The molecule has 0 saturated carbocycles. The Balaban J connectivity index is 2.24. The van der Waals surface area contributed by atoms with Gasteiger partial charge in [-0.15, -0.1) is 0 Å². The molecule has 0 spiro atoms. The van der Waals surface area contributed by atoms with Gasteiger partial charge in [-0.3, -0.25) is 0 Å². The zero-order chi connectivity index (χ0) is 15.0. The maximum Gasteiger partial charge on any atom is 0.176 e. The number of aryl methyl sites for hydroxylation is 3. The van der Waals surface area contributed by atoms with Crippen LogP contribution < -0.4 is 5.73 Å². The van der Waals surface area contributed by atoms with Crippen molar-refractivity contribution >= 4 is 5.82 Å². The molecule has 0 unspecified atom stereocenters. The molecule has 0 radical (unpaired) electrons. The van der Waals surface area contributed by atoms with E-state index in [-0.39, 0.29) is 0 Å². The van der Waals surface area contributed by atoms with Crippen molar-refractivity contribution in [1.82, 2.24) is 5.16 Å². The second-order valence-corrected chi connectivity index (χ2v) is 5.46. The Hall–Kier alpha value is -2.55. The molecular formula is C18H18N2O. The minimum Gasteiger partial charge on any atom is -0.380 e. The van der Waals surface area contributed by atoms with Crippen LogP contribution >= 0.6 is 0 Å². The first-order valence-corrected chi connectivity index (χ1v) is 6.96. The molecule has 0 fully saturated rings. The molecule has 0 amide bonds. The fourth-order valence-corrected chi connectivity index (χ4v) is 2.72. The number of aromatic nitrogens is 1. The van der Waals surface area contributed by atoms with Gasteiger partial charge in [-0.25, -0.2) is 0 Å². The maximum absolute atomic E-state index is 6.05. The Bertz CT molecular complexity index is 782. The Kier molecular flexibility index (Phi) is 3.26. The van der Waals surface area contributed by atoms with Crippen LogP contribution in [0.5, 0.6) is 0 Å². The van der Waals surface area contributed by atoms with Crippen LogP contribution in [-0.2, 0) is 0 Å². The molecule has 1 heterocycles. The molecule has 2 aromatic carbocycles. The average Bonchev–Trinajstić information content (AvgIpc) is 2.80. The lowest BCUT2D eigenvalue weighted by molar-refractivity contribution is 0.436. The molecule has 0 aliphatic heterocycles. The zero-order valence-corrected chi connectivity index (χ0v) is 12.5. The van der Waals surface area contributed by atoms with Gasteiger partial charge < -0.3 is 10.3 Å². The number of hydrogen-bond acceptors (Lipinski definition) is 3. The van der Waals surface area contributed by atoms with Gasteiger partial charge in [0, 0.05) is 5.56 Å². The van der Waals surface area contributed by atoms with E-state index in [1.54, 1.807) is 0 Å². The van der Waals surface area contributed by atoms with E-state index < -0.39 is 0 Å². The summed E-state index contributed by atoms with van der Waals surface area (Å²) in [7, 11) is 0. The number of anilines is 1. The normalized spacial score (nSPS) is 10.8. The predicted molar refractivity (Wildman–Crippen MR) is 86.0 cm³/mol. The molecule has 0 aliphatic rings. The molecule has 0 bridgehead atoms. The van der Waals surface area contributed by atoms with Crippen molar-refractivity contribution in [2.75, 3.05) is 5.73 Å². The van der Waals surface area contributed by atoms with Gasteiger partial charge in [0.2, 0.25) is 0 Å². The third-order valence-corrected chi connectivity index (χ3v) is 3.62. The first-order valence-electron chi connectivity index (χ1n) is 6.96. The van der Waals surface area contributed by atoms with Crippen LogP contribution in [0.25, 0.3) is 22.5 Å². The van der Waals surface area contributed by atoms with E-state index in [2.05, 4.69) is 50.2 Å². The van der Waals surface area contributed by atoms with Crippen molar-refractivity contribution in [1.29, 1.82) is 0 Å². The molecule has 0 aliphatic carbocycles. The van der Waals surface area contributed by atoms with E-state index in [1.807, 2.05) is 18.2 Å². The van der Waals surface area contributed by atoms with Crippen molar-refractivity contribution in [3.05, 3.63) is 59.2 Å². The highest BCUT2D eigenvalue weighted by atomic mass is 16.5. The SMILES string of the molecule is Cc1cc(C)cc(-c2onc(N)c2-c2ccccc2C)c1. The van der Waals surface area contributed by atoms with Crippen molar-refractivity contribution in [3.63, 3.8) is 0 Å². The molecule has 3 nitrogen and oxygen atoms in total. The lowest BCUT2D eigenvalue weighted by Gasteiger charge is -2.07. The lowest BCUT2D eigenvalue weighted by Crippen LogP contribution is -1.91. The summed E-state index contributed by atoms with van der Waals surface area (Å²) in [5.74, 6) is 1.16. The van der Waals surface area contributed by atoms with Crippen molar-refractivity contribution in [2.45, 2.75) is 20.8 Å². The highest BCUT2D eigenvalue weighted by Crippen LogP contribution is 2.38. The lowest BCUT2D eigenvalue weighted by atomic mass is 9.96. The first kappa shape index (κ1) is 13.4. The second kappa shape index (κ2) is 5.09. The highest BCUT2D eigenvalue weighted by molar-refractivity contribution is 5.88. The number of benzene rings is 2. The number of nitrogens with zero attached hydrogens (tertiary/aromatic N) is 1. The fourth-order valence-electron chi connectivity index (χ4n) is 2.72. The quantitative estimate of drug-likeness (QED) is 0.750. The Morgan fingerprint density at radius 3 is 2.29 bits per heavy atom. The summed E-state index contributed by atoms with van der Waals surface area (Å²) in [6, 6.07) is 14.4. The fraction of sp³-hybridized carbons (Fsp3) is 0.167. The van der Waals surface area contributed by atoms with E-state index in [0.29, 0.717) is 5.82 Å². The Labute approximate surface area is 124 Å². The van der Waals surface area contributed by atoms with Gasteiger partial charge in [0.1, 0.15) is 0 Å². The summed E-state index contributed by atoms with van der Waals surface area (Å²) < 4.78 is 5.53. The Morgan fingerprint density at radius 1 is 0.952 bits per heavy atom. The van der Waals surface area contributed by atoms with Crippen LogP contribution in [-0.4, -0.2) is 5.16 Å². The topological polar surface area (TPSA) is 52.0 Å². The van der Waals surface area contributed by atoms with E-state index >= 15 is 0 Å². The van der Waals surface area contributed by atoms with E-state index in [0.717, 1.165) is 28.0 Å². The maximum atomic E-state index is 6.05. The molecule has 3 heteroatoms. The van der Waals surface area contributed by atoms with E-state index in [4.69, 9.17) is 10.3 Å². The molecule has 3 rings (SSSR count). The van der Waals surface area contributed by atoms with E-state index in [1.165, 1.54) is 11.1 Å². The molecule has 0 atom stereocenters. The molecular weight excluding hydrogens is 260 g/mol. The summed E-state index contributed by atoms with van der Waals surface area (Å²) in [6.07, 6.45) is 0. The van der Waals surface area contributed by atoms with Crippen molar-refractivity contribution < 1.29 is 4.52 Å². The molecule has 1 aromatic heterocycles. The molecule has 0 saturated heterocycles. The van der Waals surface area contributed by atoms with Crippen LogP contribution in [0.15, 0.2) is 47.0 Å². The third kappa shape index (κ3) is 2.42. The van der Waals surface area contributed by atoms with Crippen molar-refractivity contribution in [2.24, 2.45) is 0 Å². The van der Waals surface area contributed by atoms with Crippen LogP contribution in [0.3, 0.4) is 0 Å². The first-order chi connectivity index (χ1) is 10.1. The minimum absolute atomic E-state index is 0.429. The molecule has 106 valence electrons. The van der Waals surface area contributed by atoms with Crippen molar-refractivity contribution in [3.8, 4) is 22.5 Å². The number of nitrogens with two attached hydrogens (primary N) is 1. The monoisotopic (exact) mass is 278 g/mol. The summed E-state index contributed by atoms with van der Waals surface area (Å²) in [4.78, 5) is 0. The molecule has 3 aromatic rings. The molecule has 21 heavy (non-hydrogen) atoms. The van der Waals surface area contributed by atoms with Gasteiger partial charge in [0.15, 0.2) is 11.6 Å². The van der Waals surface area contributed by atoms with Crippen LogP contribution in [0.4, 0.5) is 5.82 Å². The zero-order valence-electron chi connectivity index (χ0n) is 12.5. The summed E-state index contributed by atoms with van der Waals surface area (Å²) in [5, 5.41) is 3.97. The largest absolute Gasteiger partial charge is 0.380 e. The second-order valence-electron chi connectivity index (χ2n) is 5.46. The van der Waals surface area contributed by atoms with Gasteiger partial charge in [-0.05, 0) is 44.0 Å². The number of rotatable bonds is 2. The molecule has 2 N–H and O–H groups in total. The standard InChI is InChI=1S/C18H18N2O/c1-11-8-12(2)10-14(9-11)17-16(18(19)20-21-17)15-7-5-4-6-13(15)3/h4-10H,1-3H3,(H2,19,20). The van der Waals surface area contributed by atoms with E-state index in [9.17, 15) is 0 Å². The summed E-state index contributed by atoms with van der Waals surface area (Å²) in [5.41, 5.74) is 12.5. The minimum atomic E-state index is 0.429. The number of nitrogen functional groups attached to an aromatic ring is 1. The van der Waals surface area contributed by atoms with Gasteiger partial charge >= 0.3 is 0 Å². The average molecular weight is 278 g/mol. The number of hydrogen-bond donors (Lipinski definition) is 1. The van der Waals surface area contributed by atoms with Crippen LogP contribution in [0.2, 0.25) is 0 Å². The summed E-state index contributed by atoms with van der Waals surface area (Å²) in [6.45, 7) is 6.21. The van der Waals surface area contributed by atoms with Gasteiger partial charge in [-0.2, -0.15) is 0 Å². The third-order valence-electron chi connectivity index (χ3n) is 3.62. The Morgan fingerprint density at radius 2 is 1.62 bits per heavy atom. The predicted octanol–water partition coefficient (Wildman–Crippen LogP) is 4.52. The van der Waals surface area contributed by atoms with Gasteiger partial charge in [0.25, 0.3) is 0 Å². The van der Waals surface area contributed by atoms with Gasteiger partial charge in [-0.1, -0.05) is 46.6 Å². The smallest absolute Gasteiger partial charge is 0.176 e. The van der Waals surface area contributed by atoms with Gasteiger partial charge in [0.05, 0.1) is 5.56 Å².